The third-order valence-electron chi connectivity index (χ3n) is 3.82. The first-order valence-electron chi connectivity index (χ1n) is 6.81. The van der Waals surface area contributed by atoms with Gasteiger partial charge in [-0.25, -0.2) is 0 Å². The minimum atomic E-state index is -0.457. The fraction of sp³-hybridized carbons (Fsp3) is 0.600. The molecule has 0 aromatic heterocycles. The molecule has 1 atom stereocenters. The second-order valence-electron chi connectivity index (χ2n) is 5.62. The van der Waals surface area contributed by atoms with Crippen LogP contribution in [-0.4, -0.2) is 31.4 Å². The van der Waals surface area contributed by atoms with Gasteiger partial charge in [0.05, 0.1) is 6.10 Å². The number of rotatable bonds is 5. The lowest BCUT2D eigenvalue weighted by atomic mass is 9.82. The van der Waals surface area contributed by atoms with Crippen molar-refractivity contribution in [3.8, 4) is 0 Å². The molecule has 2 rings (SSSR count). The van der Waals surface area contributed by atoms with Gasteiger partial charge in [-0.1, -0.05) is 35.0 Å². The molecule has 1 heterocycles. The SMILES string of the molecule is CC1(CNCC(O)c2cccc(Br)c2)CCOCC1. The van der Waals surface area contributed by atoms with Crippen molar-refractivity contribution < 1.29 is 9.84 Å². The van der Waals surface area contributed by atoms with Crippen LogP contribution in [0.15, 0.2) is 28.7 Å². The Hall–Kier alpha value is -0.420. The number of ether oxygens (including phenoxy) is 1. The van der Waals surface area contributed by atoms with E-state index in [0.717, 1.165) is 42.6 Å². The minimum Gasteiger partial charge on any atom is -0.387 e. The summed E-state index contributed by atoms with van der Waals surface area (Å²) in [6, 6.07) is 7.82. The van der Waals surface area contributed by atoms with Crippen LogP contribution in [0.4, 0.5) is 0 Å². The molecule has 106 valence electrons. The van der Waals surface area contributed by atoms with Gasteiger partial charge in [-0.2, -0.15) is 0 Å². The van der Waals surface area contributed by atoms with Crippen LogP contribution < -0.4 is 5.32 Å². The summed E-state index contributed by atoms with van der Waals surface area (Å²) < 4.78 is 6.39. The fourth-order valence-corrected chi connectivity index (χ4v) is 2.80. The molecule has 1 aliphatic rings. The zero-order valence-electron chi connectivity index (χ0n) is 11.4. The molecule has 0 amide bonds. The number of halogens is 1. The molecule has 0 saturated carbocycles. The number of hydrogen-bond acceptors (Lipinski definition) is 3. The molecule has 1 aliphatic heterocycles. The number of aliphatic hydroxyl groups excluding tert-OH is 1. The van der Waals surface area contributed by atoms with Crippen molar-refractivity contribution in [1.29, 1.82) is 0 Å². The van der Waals surface area contributed by atoms with E-state index in [1.165, 1.54) is 0 Å². The number of aliphatic hydroxyl groups is 1. The maximum atomic E-state index is 10.2. The smallest absolute Gasteiger partial charge is 0.0914 e. The predicted molar refractivity (Wildman–Crippen MR) is 80.1 cm³/mol. The van der Waals surface area contributed by atoms with E-state index in [2.05, 4.69) is 28.2 Å². The number of nitrogens with one attached hydrogen (secondary N) is 1. The Morgan fingerprint density at radius 3 is 2.84 bits per heavy atom. The summed E-state index contributed by atoms with van der Waals surface area (Å²) >= 11 is 3.42. The molecule has 0 aliphatic carbocycles. The lowest BCUT2D eigenvalue weighted by Gasteiger charge is -2.34. The first-order chi connectivity index (χ1) is 9.09. The van der Waals surface area contributed by atoms with Gasteiger partial charge in [-0.3, -0.25) is 0 Å². The van der Waals surface area contributed by atoms with Crippen LogP contribution in [-0.2, 0) is 4.74 Å². The van der Waals surface area contributed by atoms with Crippen molar-refractivity contribution >= 4 is 15.9 Å². The van der Waals surface area contributed by atoms with Crippen molar-refractivity contribution in [2.24, 2.45) is 5.41 Å². The van der Waals surface area contributed by atoms with Crippen LogP contribution in [0.5, 0.6) is 0 Å². The van der Waals surface area contributed by atoms with Crippen LogP contribution in [0.25, 0.3) is 0 Å². The zero-order chi connectivity index (χ0) is 13.7. The molecule has 1 aromatic carbocycles. The summed E-state index contributed by atoms with van der Waals surface area (Å²) in [4.78, 5) is 0. The van der Waals surface area contributed by atoms with Crippen LogP contribution >= 0.6 is 15.9 Å². The van der Waals surface area contributed by atoms with Crippen molar-refractivity contribution in [1.82, 2.24) is 5.32 Å². The lowest BCUT2D eigenvalue weighted by molar-refractivity contribution is 0.0227. The molecule has 19 heavy (non-hydrogen) atoms. The molecule has 0 radical (unpaired) electrons. The zero-order valence-corrected chi connectivity index (χ0v) is 12.9. The van der Waals surface area contributed by atoms with Gasteiger partial charge in [0, 0.05) is 30.8 Å². The topological polar surface area (TPSA) is 41.5 Å². The first kappa shape index (κ1) is 15.0. The van der Waals surface area contributed by atoms with E-state index in [0.29, 0.717) is 12.0 Å². The quantitative estimate of drug-likeness (QED) is 0.873. The Bertz CT molecular complexity index is 405. The molecule has 4 heteroatoms. The lowest BCUT2D eigenvalue weighted by Crippen LogP contribution is -2.38. The number of hydrogen-bond donors (Lipinski definition) is 2. The molecule has 1 fully saturated rings. The molecular weight excluding hydrogens is 306 g/mol. The maximum Gasteiger partial charge on any atom is 0.0914 e. The summed E-state index contributed by atoms with van der Waals surface area (Å²) in [5, 5.41) is 13.5. The van der Waals surface area contributed by atoms with E-state index >= 15 is 0 Å². The van der Waals surface area contributed by atoms with Crippen LogP contribution in [0.2, 0.25) is 0 Å². The van der Waals surface area contributed by atoms with Gasteiger partial charge >= 0.3 is 0 Å². The minimum absolute atomic E-state index is 0.301. The van der Waals surface area contributed by atoms with Gasteiger partial charge in [0.1, 0.15) is 0 Å². The Labute approximate surface area is 123 Å². The van der Waals surface area contributed by atoms with Gasteiger partial charge in [-0.15, -0.1) is 0 Å². The monoisotopic (exact) mass is 327 g/mol. The first-order valence-corrected chi connectivity index (χ1v) is 7.60. The van der Waals surface area contributed by atoms with E-state index in [9.17, 15) is 5.11 Å². The average molecular weight is 328 g/mol. The summed E-state index contributed by atoms with van der Waals surface area (Å²) in [5.41, 5.74) is 1.24. The molecule has 1 unspecified atom stereocenters. The van der Waals surface area contributed by atoms with Crippen molar-refractivity contribution in [2.75, 3.05) is 26.3 Å². The molecule has 0 bridgehead atoms. The summed E-state index contributed by atoms with van der Waals surface area (Å²) in [7, 11) is 0. The Morgan fingerprint density at radius 1 is 1.42 bits per heavy atom. The van der Waals surface area contributed by atoms with E-state index in [4.69, 9.17) is 4.74 Å². The average Bonchev–Trinajstić information content (AvgIpc) is 2.39. The Morgan fingerprint density at radius 2 is 2.16 bits per heavy atom. The fourth-order valence-electron chi connectivity index (χ4n) is 2.38. The molecule has 3 nitrogen and oxygen atoms in total. The predicted octanol–water partition coefficient (Wildman–Crippen LogP) is 2.89. The second-order valence-corrected chi connectivity index (χ2v) is 6.54. The standard InChI is InChI=1S/C15H22BrNO2/c1-15(5-7-19-8-6-15)11-17-10-14(18)12-3-2-4-13(16)9-12/h2-4,9,14,17-18H,5-8,10-11H2,1H3. The van der Waals surface area contributed by atoms with Gasteiger partial charge in [-0.05, 0) is 36.0 Å². The van der Waals surface area contributed by atoms with Crippen molar-refractivity contribution in [2.45, 2.75) is 25.9 Å². The molecular formula is C15H22BrNO2. The van der Waals surface area contributed by atoms with Gasteiger partial charge in [0.25, 0.3) is 0 Å². The van der Waals surface area contributed by atoms with Crippen LogP contribution in [0.3, 0.4) is 0 Å². The summed E-state index contributed by atoms with van der Waals surface area (Å²) in [6.45, 7) is 5.51. The molecule has 1 saturated heterocycles. The van der Waals surface area contributed by atoms with E-state index in [1.807, 2.05) is 24.3 Å². The van der Waals surface area contributed by atoms with Gasteiger partial charge in [0.2, 0.25) is 0 Å². The second kappa shape index (κ2) is 6.84. The highest BCUT2D eigenvalue weighted by atomic mass is 79.9. The van der Waals surface area contributed by atoms with Crippen molar-refractivity contribution in [3.63, 3.8) is 0 Å². The molecule has 0 spiro atoms. The third-order valence-corrected chi connectivity index (χ3v) is 4.32. The molecule has 2 N–H and O–H groups in total. The Kier molecular flexibility index (Phi) is 5.39. The summed E-state index contributed by atoms with van der Waals surface area (Å²) in [5.74, 6) is 0. The summed E-state index contributed by atoms with van der Waals surface area (Å²) in [6.07, 6.45) is 1.72. The normalized spacial score (nSPS) is 20.2. The highest BCUT2D eigenvalue weighted by Crippen LogP contribution is 2.28. The number of benzene rings is 1. The highest BCUT2D eigenvalue weighted by Gasteiger charge is 2.26. The maximum absolute atomic E-state index is 10.2. The van der Waals surface area contributed by atoms with Crippen molar-refractivity contribution in [3.05, 3.63) is 34.3 Å². The Balaban J connectivity index is 1.79. The van der Waals surface area contributed by atoms with Gasteiger partial charge < -0.3 is 15.2 Å². The van der Waals surface area contributed by atoms with Crippen LogP contribution in [0, 0.1) is 5.41 Å². The third kappa shape index (κ3) is 4.56. The largest absolute Gasteiger partial charge is 0.387 e. The van der Waals surface area contributed by atoms with E-state index < -0.39 is 6.10 Å². The highest BCUT2D eigenvalue weighted by molar-refractivity contribution is 9.10. The van der Waals surface area contributed by atoms with Crippen LogP contribution in [0.1, 0.15) is 31.4 Å². The van der Waals surface area contributed by atoms with Gasteiger partial charge in [0.15, 0.2) is 0 Å². The van der Waals surface area contributed by atoms with E-state index in [-0.39, 0.29) is 0 Å². The van der Waals surface area contributed by atoms with E-state index in [1.54, 1.807) is 0 Å². The molecule has 1 aromatic rings.